The van der Waals surface area contributed by atoms with Gasteiger partial charge in [-0.1, -0.05) is 12.1 Å². The van der Waals surface area contributed by atoms with Gasteiger partial charge in [-0.2, -0.15) is 30.0 Å². The van der Waals surface area contributed by atoms with Crippen molar-refractivity contribution in [1.82, 2.24) is 14.8 Å². The zero-order valence-electron chi connectivity index (χ0n) is 12.9. The van der Waals surface area contributed by atoms with Crippen LogP contribution in [0.25, 0.3) is 0 Å². The molecule has 2 heterocycles. The second-order valence-corrected chi connectivity index (χ2v) is 6.25. The van der Waals surface area contributed by atoms with E-state index in [4.69, 9.17) is 9.47 Å². The van der Waals surface area contributed by atoms with E-state index in [2.05, 4.69) is 10.1 Å². The van der Waals surface area contributed by atoms with E-state index in [1.807, 2.05) is 6.26 Å². The van der Waals surface area contributed by atoms with Crippen LogP contribution in [0.2, 0.25) is 0 Å². The molecule has 0 fully saturated rings. The van der Waals surface area contributed by atoms with E-state index in [-0.39, 0.29) is 12.4 Å². The van der Waals surface area contributed by atoms with Gasteiger partial charge in [-0.15, -0.1) is 0 Å². The third kappa shape index (κ3) is 3.95. The van der Waals surface area contributed by atoms with Crippen molar-refractivity contribution in [2.24, 2.45) is 0 Å². The van der Waals surface area contributed by atoms with Crippen LogP contribution in [0.15, 0.2) is 24.3 Å². The molecule has 0 radical (unpaired) electrons. The zero-order chi connectivity index (χ0) is 17.2. The first-order valence-electron chi connectivity index (χ1n) is 7.34. The van der Waals surface area contributed by atoms with Crippen LogP contribution < -0.4 is 9.47 Å². The second kappa shape index (κ2) is 6.92. The predicted octanol–water partition coefficient (Wildman–Crippen LogP) is 3.26. The molecule has 1 atom stereocenters. The second-order valence-electron chi connectivity index (χ2n) is 5.27. The number of alkyl halides is 3. The third-order valence-electron chi connectivity index (χ3n) is 3.40. The summed E-state index contributed by atoms with van der Waals surface area (Å²) in [5.41, 5.74) is 0. The largest absolute Gasteiger partial charge is 0.485 e. The lowest BCUT2D eigenvalue weighted by Gasteiger charge is -2.26. The summed E-state index contributed by atoms with van der Waals surface area (Å²) in [4.78, 5) is 4.26. The molecule has 0 saturated heterocycles. The van der Waals surface area contributed by atoms with Crippen LogP contribution >= 0.6 is 11.8 Å². The molecule has 1 aliphatic rings. The molecule has 2 aromatic rings. The van der Waals surface area contributed by atoms with E-state index < -0.39 is 18.8 Å². The topological polar surface area (TPSA) is 49.2 Å². The Morgan fingerprint density at radius 3 is 2.75 bits per heavy atom. The minimum Gasteiger partial charge on any atom is -0.485 e. The lowest BCUT2D eigenvalue weighted by molar-refractivity contribution is -0.143. The highest BCUT2D eigenvalue weighted by molar-refractivity contribution is 7.98. The summed E-state index contributed by atoms with van der Waals surface area (Å²) >= 11 is 1.58. The first kappa shape index (κ1) is 16.9. The molecular formula is C15H16F3N3O2S. The number of aromatic nitrogens is 3. The number of rotatable bonds is 5. The van der Waals surface area contributed by atoms with Crippen molar-refractivity contribution >= 4 is 11.8 Å². The van der Waals surface area contributed by atoms with Crippen LogP contribution in [0.1, 0.15) is 17.8 Å². The number of halogens is 3. The van der Waals surface area contributed by atoms with Crippen LogP contribution in [-0.4, -0.2) is 39.6 Å². The van der Waals surface area contributed by atoms with Gasteiger partial charge in [0.05, 0.1) is 0 Å². The molecule has 0 unspecified atom stereocenters. The van der Waals surface area contributed by atoms with E-state index in [1.54, 1.807) is 36.0 Å². The van der Waals surface area contributed by atoms with Gasteiger partial charge in [-0.25, -0.2) is 9.67 Å². The molecule has 5 nitrogen and oxygen atoms in total. The molecule has 1 aliphatic heterocycles. The molecule has 24 heavy (non-hydrogen) atoms. The molecule has 3 rings (SSSR count). The van der Waals surface area contributed by atoms with Crippen molar-refractivity contribution in [2.45, 2.75) is 25.2 Å². The van der Waals surface area contributed by atoms with E-state index >= 15 is 0 Å². The lowest BCUT2D eigenvalue weighted by Crippen LogP contribution is -2.28. The smallest absolute Gasteiger partial charge is 0.408 e. The summed E-state index contributed by atoms with van der Waals surface area (Å²) < 4.78 is 50.7. The Bertz CT molecular complexity index is 706. The minimum atomic E-state index is -4.38. The molecule has 0 N–H and O–H groups in total. The van der Waals surface area contributed by atoms with Gasteiger partial charge in [0.1, 0.15) is 13.2 Å². The van der Waals surface area contributed by atoms with Gasteiger partial charge in [0.25, 0.3) is 0 Å². The Kier molecular flexibility index (Phi) is 4.88. The zero-order valence-corrected chi connectivity index (χ0v) is 13.7. The fourth-order valence-electron chi connectivity index (χ4n) is 2.37. The average Bonchev–Trinajstić information content (AvgIpc) is 2.93. The van der Waals surface area contributed by atoms with Crippen LogP contribution in [0, 0.1) is 0 Å². The normalized spacial score (nSPS) is 17.1. The monoisotopic (exact) mass is 359 g/mol. The van der Waals surface area contributed by atoms with Gasteiger partial charge in [0.2, 0.25) is 0 Å². The molecule has 9 heteroatoms. The maximum Gasteiger partial charge on any atom is 0.408 e. The van der Waals surface area contributed by atoms with E-state index in [0.29, 0.717) is 23.7 Å². The molecule has 0 spiro atoms. The van der Waals surface area contributed by atoms with Gasteiger partial charge in [0.15, 0.2) is 29.3 Å². The fourth-order valence-corrected chi connectivity index (χ4v) is 2.76. The summed E-state index contributed by atoms with van der Waals surface area (Å²) in [5, 5.41) is 4.00. The fraction of sp³-hybridized carbons (Fsp3) is 0.467. The number of aryl methyl sites for hydroxylation is 1. The molecule has 0 amide bonds. The number of benzene rings is 1. The summed E-state index contributed by atoms with van der Waals surface area (Å²) in [7, 11) is 0. The van der Waals surface area contributed by atoms with Crippen LogP contribution in [0.3, 0.4) is 0 Å². The molecule has 130 valence electrons. The number of para-hydroxylation sites is 2. The molecule has 0 bridgehead atoms. The maximum absolute atomic E-state index is 12.8. The quantitative estimate of drug-likeness (QED) is 0.820. The molecular weight excluding hydrogens is 343 g/mol. The Balaban J connectivity index is 1.87. The number of thioether (sulfide) groups is 1. The first-order valence-corrected chi connectivity index (χ1v) is 8.73. The maximum atomic E-state index is 12.8. The van der Waals surface area contributed by atoms with Crippen molar-refractivity contribution in [3.8, 4) is 11.5 Å². The highest BCUT2D eigenvalue weighted by Crippen LogP contribution is 2.35. The van der Waals surface area contributed by atoms with Gasteiger partial charge in [0, 0.05) is 12.2 Å². The summed E-state index contributed by atoms with van der Waals surface area (Å²) in [6.07, 6.45) is -2.68. The number of hydrogen-bond donors (Lipinski definition) is 0. The average molecular weight is 359 g/mol. The van der Waals surface area contributed by atoms with Gasteiger partial charge >= 0.3 is 6.18 Å². The lowest BCUT2D eigenvalue weighted by atomic mass is 10.2. The number of fused-ring (bicyclic) bond motifs is 1. The van der Waals surface area contributed by atoms with Crippen LogP contribution in [0.4, 0.5) is 13.2 Å². The Labute approximate surface area is 141 Å². The first-order chi connectivity index (χ1) is 11.5. The molecule has 1 aromatic heterocycles. The van der Waals surface area contributed by atoms with Gasteiger partial charge < -0.3 is 9.47 Å². The van der Waals surface area contributed by atoms with Crippen LogP contribution in [-0.2, 0) is 13.0 Å². The van der Waals surface area contributed by atoms with Crippen molar-refractivity contribution in [3.63, 3.8) is 0 Å². The van der Waals surface area contributed by atoms with E-state index in [1.165, 1.54) is 0 Å². The summed E-state index contributed by atoms with van der Waals surface area (Å²) in [6.45, 7) is -1.11. The highest BCUT2D eigenvalue weighted by Gasteiger charge is 2.34. The summed E-state index contributed by atoms with van der Waals surface area (Å²) in [5.74, 6) is 2.31. The van der Waals surface area contributed by atoms with Crippen molar-refractivity contribution in [3.05, 3.63) is 35.9 Å². The third-order valence-corrected chi connectivity index (χ3v) is 4.01. The number of ether oxygens (including phenoxy) is 2. The van der Waals surface area contributed by atoms with E-state index in [0.717, 1.165) is 10.4 Å². The number of hydrogen-bond acceptors (Lipinski definition) is 5. The Hall–Kier alpha value is -1.90. The van der Waals surface area contributed by atoms with Crippen molar-refractivity contribution in [1.29, 1.82) is 0 Å². The van der Waals surface area contributed by atoms with Crippen LogP contribution in [0.5, 0.6) is 11.5 Å². The Morgan fingerprint density at radius 1 is 1.29 bits per heavy atom. The highest BCUT2D eigenvalue weighted by atomic mass is 32.2. The summed E-state index contributed by atoms with van der Waals surface area (Å²) in [6, 6.07) is 7.03. The standard InChI is InChI=1S/C15H16F3N3O2S/c1-24-7-6-13-19-14(21(20-13)9-15(16,17)18)12-8-22-10-4-2-3-5-11(10)23-12/h2-5,12H,6-9H2,1H3/t12-/m1/s1. The number of nitrogens with zero attached hydrogens (tertiary/aromatic N) is 3. The minimum absolute atomic E-state index is 0.0928. The molecule has 0 saturated carbocycles. The Morgan fingerprint density at radius 2 is 2.04 bits per heavy atom. The van der Waals surface area contributed by atoms with Gasteiger partial charge in [-0.3, -0.25) is 0 Å². The molecule has 1 aromatic carbocycles. The van der Waals surface area contributed by atoms with E-state index in [9.17, 15) is 13.2 Å². The molecule has 0 aliphatic carbocycles. The van der Waals surface area contributed by atoms with Gasteiger partial charge in [-0.05, 0) is 18.4 Å². The predicted molar refractivity (Wildman–Crippen MR) is 83.5 cm³/mol. The van der Waals surface area contributed by atoms with Crippen molar-refractivity contribution < 1.29 is 22.6 Å². The SMILES string of the molecule is CSCCc1nc([C@H]2COc3ccccc3O2)n(CC(F)(F)F)n1. The van der Waals surface area contributed by atoms with Crippen molar-refractivity contribution in [2.75, 3.05) is 18.6 Å².